The lowest BCUT2D eigenvalue weighted by Crippen LogP contribution is -2.30. The number of carbonyl (C=O) groups excluding carboxylic acids is 1. The molecule has 0 aromatic carbocycles. The monoisotopic (exact) mass is 240 g/mol. The fourth-order valence-electron chi connectivity index (χ4n) is 2.07. The minimum absolute atomic E-state index is 0.326. The lowest BCUT2D eigenvalue weighted by atomic mass is 10.1. The minimum atomic E-state index is 0.326. The third kappa shape index (κ3) is 9.20. The lowest BCUT2D eigenvalue weighted by molar-refractivity contribution is -0.130. The van der Waals surface area contributed by atoms with Crippen molar-refractivity contribution in [3.8, 4) is 0 Å². The molecule has 0 unspecified atom stereocenters. The van der Waals surface area contributed by atoms with Crippen molar-refractivity contribution in [2.24, 2.45) is 0 Å². The average molecular weight is 240 g/mol. The fourth-order valence-corrected chi connectivity index (χ4v) is 2.07. The van der Waals surface area contributed by atoms with E-state index >= 15 is 0 Å². The van der Waals surface area contributed by atoms with E-state index in [-0.39, 0.29) is 0 Å². The Bertz CT molecular complexity index is 176. The van der Waals surface area contributed by atoms with Crippen LogP contribution in [0.15, 0.2) is 0 Å². The van der Waals surface area contributed by atoms with Crippen LogP contribution in [0.25, 0.3) is 0 Å². The Morgan fingerprint density at radius 2 is 1.35 bits per heavy atom. The van der Waals surface area contributed by atoms with E-state index in [0.29, 0.717) is 5.91 Å². The molecule has 1 amide bonds. The van der Waals surface area contributed by atoms with E-state index in [1.807, 2.05) is 18.7 Å². The van der Waals surface area contributed by atoms with Crippen LogP contribution >= 0.6 is 0 Å². The van der Waals surface area contributed by atoms with Crippen LogP contribution < -0.4 is 0 Å². The minimum Gasteiger partial charge on any atom is -0.343 e. The first-order chi connectivity index (χ1) is 8.26. The number of amides is 1. The molecule has 0 spiro atoms. The highest BCUT2D eigenvalue weighted by atomic mass is 16.2. The first-order valence-electron chi connectivity index (χ1n) is 7.33. The Balaban J connectivity index is 3.30. The number of nitrogens with zero attached hydrogens (tertiary/aromatic N) is 1. The van der Waals surface area contributed by atoms with E-state index in [1.165, 1.54) is 38.5 Å². The van der Waals surface area contributed by atoms with E-state index in [9.17, 15) is 4.79 Å². The molecule has 2 nitrogen and oxygen atoms in total. The van der Waals surface area contributed by atoms with Crippen molar-refractivity contribution in [2.45, 2.75) is 71.6 Å². The third-order valence-electron chi connectivity index (χ3n) is 3.26. The van der Waals surface area contributed by atoms with Crippen molar-refractivity contribution in [3.63, 3.8) is 0 Å². The van der Waals surface area contributed by atoms with Crippen LogP contribution in [0.4, 0.5) is 0 Å². The predicted octanol–water partition coefficient (Wildman–Crippen LogP) is 4.20. The van der Waals surface area contributed by atoms with Gasteiger partial charge in [0.05, 0.1) is 0 Å². The molecule has 0 bridgehead atoms. The van der Waals surface area contributed by atoms with Gasteiger partial charge in [0.2, 0.25) is 5.91 Å². The van der Waals surface area contributed by atoms with Gasteiger partial charge in [0.25, 0.3) is 0 Å². The molecule has 0 aromatic rings. The summed E-state index contributed by atoms with van der Waals surface area (Å²) in [6.45, 7) is 9.63. The molecular formula is C15H30NO. The molecule has 0 aliphatic heterocycles. The summed E-state index contributed by atoms with van der Waals surface area (Å²) in [6, 6.07) is 0. The highest BCUT2D eigenvalue weighted by Gasteiger charge is 2.07. The zero-order valence-electron chi connectivity index (χ0n) is 11.8. The Morgan fingerprint density at radius 3 is 1.82 bits per heavy atom. The maximum Gasteiger partial charge on any atom is 0.222 e. The molecule has 0 aliphatic rings. The molecule has 0 rings (SSSR count). The largest absolute Gasteiger partial charge is 0.343 e. The summed E-state index contributed by atoms with van der Waals surface area (Å²) >= 11 is 0. The van der Waals surface area contributed by atoms with Crippen LogP contribution in [0.1, 0.15) is 71.6 Å². The van der Waals surface area contributed by atoms with Crippen molar-refractivity contribution in [1.29, 1.82) is 0 Å². The van der Waals surface area contributed by atoms with Gasteiger partial charge < -0.3 is 4.90 Å². The standard InChI is InChI=1S/C15H30NO/c1-4-7-8-9-10-11-12-13-14-15(17)16(5-2)6-3/h1,4-14H2,2-3H3. The molecule has 1 radical (unpaired) electrons. The molecule has 0 aliphatic carbocycles. The van der Waals surface area contributed by atoms with Crippen molar-refractivity contribution >= 4 is 5.91 Å². The summed E-state index contributed by atoms with van der Waals surface area (Å²) in [4.78, 5) is 13.6. The van der Waals surface area contributed by atoms with Gasteiger partial charge in [-0.3, -0.25) is 4.79 Å². The number of rotatable bonds is 11. The van der Waals surface area contributed by atoms with Gasteiger partial charge in [-0.25, -0.2) is 0 Å². The molecule has 17 heavy (non-hydrogen) atoms. The van der Waals surface area contributed by atoms with Crippen LogP contribution in [-0.2, 0) is 4.79 Å². The highest BCUT2D eigenvalue weighted by Crippen LogP contribution is 2.10. The molecule has 0 fully saturated rings. The molecule has 101 valence electrons. The van der Waals surface area contributed by atoms with Gasteiger partial charge in [0.15, 0.2) is 0 Å². The second kappa shape index (κ2) is 11.9. The Hall–Kier alpha value is -0.530. The number of hydrogen-bond acceptors (Lipinski definition) is 1. The summed E-state index contributed by atoms with van der Waals surface area (Å²) in [5.41, 5.74) is 0. The Kier molecular flexibility index (Phi) is 11.6. The van der Waals surface area contributed by atoms with E-state index in [0.717, 1.165) is 32.4 Å². The van der Waals surface area contributed by atoms with Gasteiger partial charge in [-0.05, 0) is 20.3 Å². The average Bonchev–Trinajstić information content (AvgIpc) is 2.34. The van der Waals surface area contributed by atoms with Gasteiger partial charge in [-0.1, -0.05) is 51.9 Å². The Labute approximate surface area is 108 Å². The molecular weight excluding hydrogens is 210 g/mol. The first-order valence-corrected chi connectivity index (χ1v) is 7.33. The molecule has 2 heteroatoms. The van der Waals surface area contributed by atoms with E-state index < -0.39 is 0 Å². The van der Waals surface area contributed by atoms with Crippen molar-refractivity contribution in [3.05, 3.63) is 6.92 Å². The molecule has 0 heterocycles. The molecule has 0 saturated heterocycles. The second-order valence-corrected chi connectivity index (χ2v) is 4.64. The van der Waals surface area contributed by atoms with Crippen LogP contribution in [0.2, 0.25) is 0 Å². The van der Waals surface area contributed by atoms with E-state index in [2.05, 4.69) is 6.92 Å². The van der Waals surface area contributed by atoms with Crippen LogP contribution in [0.5, 0.6) is 0 Å². The summed E-state index contributed by atoms with van der Waals surface area (Å²) in [5, 5.41) is 0. The van der Waals surface area contributed by atoms with Crippen molar-refractivity contribution in [1.82, 2.24) is 4.90 Å². The number of unbranched alkanes of at least 4 members (excludes halogenated alkanes) is 7. The van der Waals surface area contributed by atoms with Gasteiger partial charge in [0, 0.05) is 19.5 Å². The van der Waals surface area contributed by atoms with Gasteiger partial charge in [-0.15, -0.1) is 0 Å². The predicted molar refractivity (Wildman–Crippen MR) is 74.8 cm³/mol. The van der Waals surface area contributed by atoms with Crippen LogP contribution in [-0.4, -0.2) is 23.9 Å². The van der Waals surface area contributed by atoms with Crippen molar-refractivity contribution < 1.29 is 4.79 Å². The normalized spacial score (nSPS) is 10.5. The zero-order valence-corrected chi connectivity index (χ0v) is 11.8. The maximum absolute atomic E-state index is 11.7. The summed E-state index contributed by atoms with van der Waals surface area (Å²) in [5.74, 6) is 0.326. The molecule has 0 atom stereocenters. The summed E-state index contributed by atoms with van der Waals surface area (Å²) in [7, 11) is 0. The van der Waals surface area contributed by atoms with Crippen molar-refractivity contribution in [2.75, 3.05) is 13.1 Å². The second-order valence-electron chi connectivity index (χ2n) is 4.64. The molecule has 0 N–H and O–H groups in total. The topological polar surface area (TPSA) is 20.3 Å². The number of hydrogen-bond donors (Lipinski definition) is 0. The molecule has 0 saturated carbocycles. The zero-order chi connectivity index (χ0) is 12.9. The van der Waals surface area contributed by atoms with Crippen LogP contribution in [0, 0.1) is 6.92 Å². The van der Waals surface area contributed by atoms with E-state index in [1.54, 1.807) is 0 Å². The summed E-state index contributed by atoms with van der Waals surface area (Å²) in [6.07, 6.45) is 10.6. The van der Waals surface area contributed by atoms with Gasteiger partial charge in [0.1, 0.15) is 0 Å². The maximum atomic E-state index is 11.7. The lowest BCUT2D eigenvalue weighted by Gasteiger charge is -2.18. The SMILES string of the molecule is [CH2]CCCCCCCCCC(=O)N(CC)CC. The smallest absolute Gasteiger partial charge is 0.222 e. The fraction of sp³-hybridized carbons (Fsp3) is 0.867. The van der Waals surface area contributed by atoms with E-state index in [4.69, 9.17) is 0 Å². The summed E-state index contributed by atoms with van der Waals surface area (Å²) < 4.78 is 0. The van der Waals surface area contributed by atoms with Gasteiger partial charge >= 0.3 is 0 Å². The molecule has 0 aromatic heterocycles. The highest BCUT2D eigenvalue weighted by molar-refractivity contribution is 5.75. The quantitative estimate of drug-likeness (QED) is 0.496. The first kappa shape index (κ1) is 16.5. The Morgan fingerprint density at radius 1 is 0.882 bits per heavy atom. The number of carbonyl (C=O) groups is 1. The van der Waals surface area contributed by atoms with Gasteiger partial charge in [-0.2, -0.15) is 0 Å². The van der Waals surface area contributed by atoms with Crippen LogP contribution in [0.3, 0.4) is 0 Å². The third-order valence-corrected chi connectivity index (χ3v) is 3.26.